The van der Waals surface area contributed by atoms with E-state index in [1.54, 1.807) is 0 Å². The molecule has 6 atom stereocenters. The van der Waals surface area contributed by atoms with E-state index in [0.717, 1.165) is 51.4 Å². The van der Waals surface area contributed by atoms with Crippen molar-refractivity contribution in [1.29, 1.82) is 0 Å². The zero-order valence-electron chi connectivity index (χ0n) is 29.6. The molecule has 12 heteroatoms. The number of hydrogen-bond acceptors (Lipinski definition) is 7. The van der Waals surface area contributed by atoms with Gasteiger partial charge in [0, 0.05) is 6.54 Å². The topological polar surface area (TPSA) is 177 Å². The fraction of sp³-hybridized carbons (Fsp3) is 0.829. The predicted octanol–water partition coefficient (Wildman–Crippen LogP) is 3.20. The molecule has 0 aromatic carbocycles. The number of primary amides is 1. The van der Waals surface area contributed by atoms with Gasteiger partial charge in [0.15, 0.2) is 0 Å². The predicted molar refractivity (Wildman–Crippen MR) is 175 cm³/mol. The maximum atomic E-state index is 14.3. The molecule has 12 nitrogen and oxygen atoms in total. The summed E-state index contributed by atoms with van der Waals surface area (Å²) in [5.41, 5.74) is 3.72. The molecule has 4 aliphatic rings. The Morgan fingerprint density at radius 2 is 1.40 bits per heavy atom. The number of ether oxygens (including phenoxy) is 1. The standard InChI is InChI=1S/C35H57N5O7/c1-33(2,3)26(38-32(46)39-27(34(4,5)6)31(45)47-20-15-10-9-11-16-20)30(44)40-18-21-23(35(21,7)8)24(40)29(43)37-22(25(41)28(36)42)17-19-13-12-14-19/h19-24,26-27H,9-18H2,1-8H3,(H2,36,42)(H,37,43)(H2,38,39,46)/t21-,22?,23-,24-,26+,27+/m0/s1. The van der Waals surface area contributed by atoms with E-state index in [-0.39, 0.29) is 29.3 Å². The fourth-order valence-electron chi connectivity index (χ4n) is 7.70. The van der Waals surface area contributed by atoms with Gasteiger partial charge in [-0.2, -0.15) is 0 Å². The first-order valence-corrected chi connectivity index (χ1v) is 17.5. The van der Waals surface area contributed by atoms with Gasteiger partial charge in [-0.15, -0.1) is 0 Å². The van der Waals surface area contributed by atoms with Crippen LogP contribution in [0.5, 0.6) is 0 Å². The molecule has 4 fully saturated rings. The number of rotatable bonds is 11. The van der Waals surface area contributed by atoms with Gasteiger partial charge in [-0.05, 0) is 66.1 Å². The van der Waals surface area contributed by atoms with Gasteiger partial charge in [-0.1, -0.05) is 81.1 Å². The maximum absolute atomic E-state index is 14.3. The van der Waals surface area contributed by atoms with Crippen molar-refractivity contribution in [2.24, 2.45) is 39.7 Å². The Kier molecular flexibility index (Phi) is 10.7. The quantitative estimate of drug-likeness (QED) is 0.194. The first-order chi connectivity index (χ1) is 21.7. The zero-order chi connectivity index (χ0) is 35.1. The smallest absolute Gasteiger partial charge is 0.329 e. The normalized spacial score (nSPS) is 26.1. The Balaban J connectivity index is 1.51. The van der Waals surface area contributed by atoms with Gasteiger partial charge >= 0.3 is 12.0 Å². The van der Waals surface area contributed by atoms with Crippen LogP contribution < -0.4 is 21.7 Å². The second kappa shape index (κ2) is 13.7. The average Bonchev–Trinajstić information content (AvgIpc) is 3.26. The highest BCUT2D eigenvalue weighted by molar-refractivity contribution is 6.37. The number of urea groups is 1. The lowest BCUT2D eigenvalue weighted by molar-refractivity contribution is -0.155. The molecule has 0 spiro atoms. The number of ketones is 1. The number of piperidine rings is 1. The molecule has 0 bridgehead atoms. The van der Waals surface area contributed by atoms with E-state index in [1.807, 2.05) is 41.5 Å². The number of Topliss-reactive ketones (excluding diaryl/α,β-unsaturated/α-hetero) is 1. The Hall–Kier alpha value is -3.18. The second-order valence-electron chi connectivity index (χ2n) is 17.1. The van der Waals surface area contributed by atoms with Gasteiger partial charge < -0.3 is 31.3 Å². The number of carbonyl (C=O) groups excluding carboxylic acids is 6. The monoisotopic (exact) mass is 659 g/mol. The lowest BCUT2D eigenvalue weighted by Crippen LogP contribution is -2.63. The van der Waals surface area contributed by atoms with Gasteiger partial charge in [0.25, 0.3) is 5.91 Å². The first kappa shape index (κ1) is 36.7. The molecule has 264 valence electrons. The van der Waals surface area contributed by atoms with Crippen LogP contribution in [-0.4, -0.2) is 77.2 Å². The van der Waals surface area contributed by atoms with Crippen LogP contribution in [0.15, 0.2) is 0 Å². The van der Waals surface area contributed by atoms with Crippen molar-refractivity contribution in [2.75, 3.05) is 6.54 Å². The van der Waals surface area contributed by atoms with E-state index in [2.05, 4.69) is 29.8 Å². The molecule has 1 heterocycles. The molecule has 3 saturated carbocycles. The summed E-state index contributed by atoms with van der Waals surface area (Å²) in [6.45, 7) is 15.4. The molecule has 1 unspecified atom stereocenters. The molecular weight excluding hydrogens is 602 g/mol. The number of nitrogens with one attached hydrogen (secondary N) is 3. The molecule has 5 N–H and O–H groups in total. The number of likely N-dealkylation sites (tertiary alicyclic amines) is 1. The summed E-state index contributed by atoms with van der Waals surface area (Å²) in [5.74, 6) is -3.22. The molecule has 1 saturated heterocycles. The van der Waals surface area contributed by atoms with Crippen molar-refractivity contribution in [1.82, 2.24) is 20.9 Å². The summed E-state index contributed by atoms with van der Waals surface area (Å²) in [5, 5.41) is 8.40. The molecule has 0 aromatic heterocycles. The van der Waals surface area contributed by atoms with Crippen LogP contribution in [0.4, 0.5) is 4.79 Å². The number of amides is 5. The molecular formula is C35H57N5O7. The van der Waals surface area contributed by atoms with E-state index in [0.29, 0.717) is 13.0 Å². The lowest BCUT2D eigenvalue weighted by Gasteiger charge is -2.38. The lowest BCUT2D eigenvalue weighted by atomic mass is 9.80. The van der Waals surface area contributed by atoms with E-state index < -0.39 is 70.5 Å². The van der Waals surface area contributed by atoms with Crippen LogP contribution >= 0.6 is 0 Å². The molecule has 0 radical (unpaired) electrons. The van der Waals surface area contributed by atoms with Crippen molar-refractivity contribution in [2.45, 2.75) is 143 Å². The van der Waals surface area contributed by atoms with Gasteiger partial charge in [0.2, 0.25) is 17.6 Å². The van der Waals surface area contributed by atoms with Crippen molar-refractivity contribution >= 4 is 35.5 Å². The Morgan fingerprint density at radius 1 is 0.830 bits per heavy atom. The SMILES string of the molecule is CC(C)(C)[C@H](NC(=O)N[C@H](C(=O)N1C[C@H]2[C@@H]([C@H]1C(=O)NC(CC1CCC1)C(=O)C(N)=O)C2(C)C)C(C)(C)C)C(=O)OC1CCCCC1. The Labute approximate surface area is 279 Å². The Morgan fingerprint density at radius 3 is 1.91 bits per heavy atom. The van der Waals surface area contributed by atoms with Gasteiger partial charge in [0.05, 0.1) is 6.04 Å². The zero-order valence-corrected chi connectivity index (χ0v) is 29.6. The minimum absolute atomic E-state index is 0.0633. The largest absolute Gasteiger partial charge is 0.461 e. The number of nitrogens with zero attached hydrogens (tertiary/aromatic N) is 1. The highest BCUT2D eigenvalue weighted by atomic mass is 16.5. The van der Waals surface area contributed by atoms with Crippen molar-refractivity contribution < 1.29 is 33.5 Å². The molecule has 5 amide bonds. The van der Waals surface area contributed by atoms with Gasteiger partial charge in [-0.25, -0.2) is 9.59 Å². The minimum atomic E-state index is -1.10. The number of carbonyl (C=O) groups is 6. The van der Waals surface area contributed by atoms with E-state index >= 15 is 0 Å². The van der Waals surface area contributed by atoms with E-state index in [4.69, 9.17) is 10.5 Å². The average molecular weight is 660 g/mol. The van der Waals surface area contributed by atoms with Crippen molar-refractivity contribution in [3.8, 4) is 0 Å². The van der Waals surface area contributed by atoms with Crippen LogP contribution in [0, 0.1) is 34.0 Å². The third-order valence-corrected chi connectivity index (χ3v) is 11.0. The summed E-state index contributed by atoms with van der Waals surface area (Å²) in [6.07, 6.45) is 7.74. The molecule has 47 heavy (non-hydrogen) atoms. The number of fused-ring (bicyclic) bond motifs is 1. The molecule has 1 aliphatic heterocycles. The van der Waals surface area contributed by atoms with Crippen LogP contribution in [0.25, 0.3) is 0 Å². The summed E-state index contributed by atoms with van der Waals surface area (Å²) in [7, 11) is 0. The van der Waals surface area contributed by atoms with Crippen LogP contribution in [0.3, 0.4) is 0 Å². The Bertz CT molecular complexity index is 1240. The number of esters is 1. The highest BCUT2D eigenvalue weighted by Gasteiger charge is 2.70. The third-order valence-electron chi connectivity index (χ3n) is 11.0. The molecule has 3 aliphatic carbocycles. The molecule has 0 aromatic rings. The molecule has 4 rings (SSSR count). The van der Waals surface area contributed by atoms with Crippen LogP contribution in [0.1, 0.15) is 113 Å². The van der Waals surface area contributed by atoms with Gasteiger partial charge in [0.1, 0.15) is 24.2 Å². The van der Waals surface area contributed by atoms with Crippen LogP contribution in [-0.2, 0) is 28.7 Å². The number of nitrogens with two attached hydrogens (primary N) is 1. The summed E-state index contributed by atoms with van der Waals surface area (Å²) in [4.78, 5) is 81.1. The highest BCUT2D eigenvalue weighted by Crippen LogP contribution is 2.65. The first-order valence-electron chi connectivity index (χ1n) is 17.5. The number of hydrogen-bond donors (Lipinski definition) is 4. The summed E-state index contributed by atoms with van der Waals surface area (Å²) < 4.78 is 5.80. The van der Waals surface area contributed by atoms with Gasteiger partial charge in [-0.3, -0.25) is 19.2 Å². The van der Waals surface area contributed by atoms with Crippen molar-refractivity contribution in [3.63, 3.8) is 0 Å². The summed E-state index contributed by atoms with van der Waals surface area (Å²) >= 11 is 0. The fourth-order valence-corrected chi connectivity index (χ4v) is 7.70. The second-order valence-corrected chi connectivity index (χ2v) is 17.1. The van der Waals surface area contributed by atoms with E-state index in [1.165, 1.54) is 4.90 Å². The summed E-state index contributed by atoms with van der Waals surface area (Å²) in [6, 6.07) is -4.60. The van der Waals surface area contributed by atoms with Crippen molar-refractivity contribution in [3.05, 3.63) is 0 Å². The third kappa shape index (κ3) is 8.28. The maximum Gasteiger partial charge on any atom is 0.329 e. The minimum Gasteiger partial charge on any atom is -0.461 e. The van der Waals surface area contributed by atoms with Crippen LogP contribution in [0.2, 0.25) is 0 Å². The van der Waals surface area contributed by atoms with E-state index in [9.17, 15) is 28.8 Å².